The van der Waals surface area contributed by atoms with Crippen LogP contribution in [0.15, 0.2) is 24.3 Å². The number of alkyl halides is 3. The maximum Gasteiger partial charge on any atom is 0.416 e. The summed E-state index contributed by atoms with van der Waals surface area (Å²) < 4.78 is 37.6. The third kappa shape index (κ3) is 4.34. The highest BCUT2D eigenvalue weighted by Crippen LogP contribution is 2.29. The smallest absolute Gasteiger partial charge is 0.335 e. The molecule has 1 aromatic carbocycles. The molecule has 1 aromatic rings. The van der Waals surface area contributed by atoms with Crippen LogP contribution in [0.1, 0.15) is 31.2 Å². The van der Waals surface area contributed by atoms with Crippen LogP contribution in [-0.2, 0) is 11.0 Å². The number of rotatable bonds is 4. The van der Waals surface area contributed by atoms with Crippen molar-refractivity contribution in [3.63, 3.8) is 0 Å². The molecule has 25 heavy (non-hydrogen) atoms. The highest BCUT2D eigenvalue weighted by molar-refractivity contribution is 5.88. The van der Waals surface area contributed by atoms with Crippen molar-refractivity contribution in [3.8, 4) is 0 Å². The van der Waals surface area contributed by atoms with E-state index >= 15 is 0 Å². The normalized spacial score (nSPS) is 20.3. The van der Waals surface area contributed by atoms with Gasteiger partial charge in [-0.05, 0) is 49.9 Å². The average Bonchev–Trinajstić information content (AvgIpc) is 3.24. The van der Waals surface area contributed by atoms with Gasteiger partial charge in [-0.1, -0.05) is 0 Å². The zero-order valence-electron chi connectivity index (χ0n) is 13.4. The molecule has 1 atom stereocenters. The van der Waals surface area contributed by atoms with Gasteiger partial charge in [-0.25, -0.2) is 4.79 Å². The summed E-state index contributed by atoms with van der Waals surface area (Å²) in [7, 11) is 0. The highest BCUT2D eigenvalue weighted by Gasteiger charge is 2.36. The number of nitrogens with one attached hydrogen (secondary N) is 3. The summed E-state index contributed by atoms with van der Waals surface area (Å²) in [6.45, 7) is 0.511. The Kier molecular flexibility index (Phi) is 4.73. The molecule has 136 valence electrons. The number of urea groups is 1. The monoisotopic (exact) mass is 356 g/mol. The molecule has 6 nitrogen and oxygen atoms in total. The summed E-state index contributed by atoms with van der Waals surface area (Å²) in [4.78, 5) is 25.9. The van der Waals surface area contributed by atoms with E-state index in [0.29, 0.717) is 18.7 Å². The van der Waals surface area contributed by atoms with E-state index in [1.165, 1.54) is 17.0 Å². The van der Waals surface area contributed by atoms with E-state index in [2.05, 4.69) is 16.2 Å². The van der Waals surface area contributed by atoms with Gasteiger partial charge in [0.2, 0.25) is 0 Å². The van der Waals surface area contributed by atoms with Gasteiger partial charge < -0.3 is 10.2 Å². The third-order valence-electron chi connectivity index (χ3n) is 4.26. The van der Waals surface area contributed by atoms with E-state index in [4.69, 9.17) is 0 Å². The molecule has 0 aromatic heterocycles. The largest absolute Gasteiger partial charge is 0.416 e. The second kappa shape index (κ2) is 6.81. The van der Waals surface area contributed by atoms with Gasteiger partial charge in [-0.3, -0.25) is 15.6 Å². The van der Waals surface area contributed by atoms with Crippen LogP contribution in [0, 0.1) is 0 Å². The molecule has 1 saturated heterocycles. The Labute approximate surface area is 142 Å². The predicted molar refractivity (Wildman–Crippen MR) is 84.5 cm³/mol. The lowest BCUT2D eigenvalue weighted by atomic mass is 10.2. The van der Waals surface area contributed by atoms with Crippen LogP contribution >= 0.6 is 0 Å². The Balaban J connectivity index is 1.53. The molecule has 1 saturated carbocycles. The fraction of sp³-hybridized carbons (Fsp3) is 0.500. The topological polar surface area (TPSA) is 73.5 Å². The van der Waals surface area contributed by atoms with Crippen LogP contribution in [-0.4, -0.2) is 35.5 Å². The number of hydrogen-bond acceptors (Lipinski definition) is 3. The van der Waals surface area contributed by atoms with Crippen molar-refractivity contribution < 1.29 is 22.8 Å². The Hall–Kier alpha value is -2.45. The number of halogens is 3. The van der Waals surface area contributed by atoms with E-state index < -0.39 is 17.8 Å². The number of amides is 3. The summed E-state index contributed by atoms with van der Waals surface area (Å²) in [6, 6.07) is 3.71. The third-order valence-corrected chi connectivity index (χ3v) is 4.26. The van der Waals surface area contributed by atoms with E-state index in [1.807, 2.05) is 0 Å². The molecule has 1 aliphatic carbocycles. The molecule has 1 heterocycles. The summed E-state index contributed by atoms with van der Waals surface area (Å²) in [5, 5.41) is 2.85. The van der Waals surface area contributed by atoms with Crippen LogP contribution in [0.5, 0.6) is 0 Å². The van der Waals surface area contributed by atoms with Crippen LogP contribution in [0.3, 0.4) is 0 Å². The number of benzene rings is 1. The van der Waals surface area contributed by atoms with Crippen LogP contribution < -0.4 is 16.2 Å². The maximum absolute atomic E-state index is 12.5. The molecule has 1 unspecified atom stereocenters. The first-order chi connectivity index (χ1) is 11.8. The Morgan fingerprint density at radius 2 is 1.76 bits per heavy atom. The van der Waals surface area contributed by atoms with Crippen molar-refractivity contribution in [1.29, 1.82) is 0 Å². The van der Waals surface area contributed by atoms with Crippen molar-refractivity contribution in [3.05, 3.63) is 29.8 Å². The maximum atomic E-state index is 12.5. The molecule has 3 rings (SSSR count). The van der Waals surface area contributed by atoms with Crippen molar-refractivity contribution in [2.75, 3.05) is 12.0 Å². The summed E-state index contributed by atoms with van der Waals surface area (Å²) >= 11 is 0. The Bertz CT molecular complexity index is 644. The fourth-order valence-electron chi connectivity index (χ4n) is 2.73. The van der Waals surface area contributed by atoms with Gasteiger partial charge in [0, 0.05) is 12.6 Å². The highest BCUT2D eigenvalue weighted by atomic mass is 19.4. The molecule has 3 amide bonds. The molecule has 1 aliphatic heterocycles. The minimum Gasteiger partial charge on any atom is -0.335 e. The number of carbonyl (C=O) groups excluding carboxylic acids is 2. The average molecular weight is 356 g/mol. The molecule has 9 heteroatoms. The first kappa shape index (κ1) is 17.4. The number of carbonyl (C=O) groups is 2. The Morgan fingerprint density at radius 1 is 1.08 bits per heavy atom. The van der Waals surface area contributed by atoms with E-state index in [1.54, 1.807) is 0 Å². The second-order valence-corrected chi connectivity index (χ2v) is 6.26. The van der Waals surface area contributed by atoms with E-state index in [-0.39, 0.29) is 18.0 Å². The van der Waals surface area contributed by atoms with Gasteiger partial charge in [0.1, 0.15) is 6.04 Å². The number of anilines is 1. The lowest BCUT2D eigenvalue weighted by molar-refractivity contribution is -0.137. The van der Waals surface area contributed by atoms with Crippen molar-refractivity contribution in [2.45, 2.75) is 43.9 Å². The number of nitrogens with zero attached hydrogens (tertiary/aromatic N) is 1. The first-order valence-electron chi connectivity index (χ1n) is 8.15. The SMILES string of the molecule is O=C(NNc1ccc(C(F)(F)F)cc1)C1CCCN1C(=O)NC1CC1. The van der Waals surface area contributed by atoms with Crippen molar-refractivity contribution in [2.24, 2.45) is 0 Å². The van der Waals surface area contributed by atoms with Gasteiger partial charge in [0.15, 0.2) is 0 Å². The second-order valence-electron chi connectivity index (χ2n) is 6.26. The van der Waals surface area contributed by atoms with Crippen LogP contribution in [0.2, 0.25) is 0 Å². The van der Waals surface area contributed by atoms with Gasteiger partial charge >= 0.3 is 12.2 Å². The first-order valence-corrected chi connectivity index (χ1v) is 8.15. The molecule has 2 fully saturated rings. The Morgan fingerprint density at radius 3 is 2.36 bits per heavy atom. The predicted octanol–water partition coefficient (Wildman–Crippen LogP) is 2.48. The minimum atomic E-state index is -4.40. The van der Waals surface area contributed by atoms with E-state index in [9.17, 15) is 22.8 Å². The van der Waals surface area contributed by atoms with E-state index in [0.717, 1.165) is 31.4 Å². The fourth-order valence-corrected chi connectivity index (χ4v) is 2.73. The summed E-state index contributed by atoms with van der Waals surface area (Å²) in [5.74, 6) is -0.386. The lowest BCUT2D eigenvalue weighted by Crippen LogP contribution is -2.50. The number of hydrazine groups is 1. The van der Waals surface area contributed by atoms with Gasteiger partial charge in [-0.2, -0.15) is 13.2 Å². The zero-order chi connectivity index (χ0) is 18.0. The number of hydrogen-bond donors (Lipinski definition) is 3. The summed E-state index contributed by atoms with van der Waals surface area (Å²) in [6.07, 6.45) is -1.19. The molecule has 0 spiro atoms. The summed E-state index contributed by atoms with van der Waals surface area (Å²) in [5.41, 5.74) is 4.61. The molecule has 0 bridgehead atoms. The minimum absolute atomic E-state index is 0.210. The zero-order valence-corrected chi connectivity index (χ0v) is 13.4. The number of likely N-dealkylation sites (tertiary alicyclic amines) is 1. The molecule has 2 aliphatic rings. The molecular weight excluding hydrogens is 337 g/mol. The molecule has 0 radical (unpaired) electrons. The van der Waals surface area contributed by atoms with Crippen molar-refractivity contribution >= 4 is 17.6 Å². The lowest BCUT2D eigenvalue weighted by Gasteiger charge is -2.24. The van der Waals surface area contributed by atoms with Gasteiger partial charge in [0.05, 0.1) is 11.3 Å². The van der Waals surface area contributed by atoms with Gasteiger partial charge in [0.25, 0.3) is 5.91 Å². The molecular formula is C16H19F3N4O2. The molecule has 3 N–H and O–H groups in total. The van der Waals surface area contributed by atoms with Gasteiger partial charge in [-0.15, -0.1) is 0 Å². The van der Waals surface area contributed by atoms with Crippen molar-refractivity contribution in [1.82, 2.24) is 15.6 Å². The van der Waals surface area contributed by atoms with Crippen LogP contribution in [0.25, 0.3) is 0 Å². The quantitative estimate of drug-likeness (QED) is 0.726. The standard InChI is InChI=1S/C16H19F3N4O2/c17-16(18,19)10-3-5-12(6-4-10)21-22-14(24)13-2-1-9-23(13)15(25)20-11-7-8-11/h3-6,11,13,21H,1-2,7-9H2,(H,20,25)(H,22,24). The van der Waals surface area contributed by atoms with Crippen LogP contribution in [0.4, 0.5) is 23.7 Å².